The summed E-state index contributed by atoms with van der Waals surface area (Å²) in [4.78, 5) is 44.8. The standard InChI is InChI=1S/C40H46N4O3/c1-43(37(45)19-11-23-40(41)24-12-25-40)36(29-32-20-21-33-17-9-10-18-34(33)27-32)39(47)44(2)35(28-31-15-7-4-8-16-31)38(46)42-26-22-30-13-5-3-6-14-30/h3-11,13-21,27,35-36H,12,22-26,28-29,41H2,1-2H3,(H,42,46)/t35-,36-/m1/s1. The highest BCUT2D eigenvalue weighted by Gasteiger charge is 2.35. The van der Waals surface area contributed by atoms with Crippen molar-refractivity contribution in [3.8, 4) is 0 Å². The zero-order chi connectivity index (χ0) is 33.2. The van der Waals surface area contributed by atoms with Crippen molar-refractivity contribution < 1.29 is 14.4 Å². The number of rotatable bonds is 14. The Kier molecular flexibility index (Phi) is 11.2. The molecule has 0 saturated heterocycles. The maximum absolute atomic E-state index is 14.5. The van der Waals surface area contributed by atoms with Crippen molar-refractivity contribution in [2.24, 2.45) is 5.73 Å². The zero-order valence-corrected chi connectivity index (χ0v) is 27.5. The molecule has 7 heteroatoms. The highest BCUT2D eigenvalue weighted by molar-refractivity contribution is 5.95. The van der Waals surface area contributed by atoms with Crippen LogP contribution in [0.5, 0.6) is 0 Å². The second-order valence-corrected chi connectivity index (χ2v) is 12.9. The van der Waals surface area contributed by atoms with E-state index in [1.807, 2.05) is 103 Å². The van der Waals surface area contributed by atoms with Gasteiger partial charge in [-0.2, -0.15) is 0 Å². The molecule has 4 aromatic carbocycles. The number of nitrogens with one attached hydrogen (secondary N) is 1. The maximum Gasteiger partial charge on any atom is 0.246 e. The molecular weight excluding hydrogens is 584 g/mol. The van der Waals surface area contributed by atoms with Crippen LogP contribution in [0.25, 0.3) is 10.8 Å². The number of benzene rings is 4. The van der Waals surface area contributed by atoms with Crippen LogP contribution in [0.1, 0.15) is 42.4 Å². The zero-order valence-electron chi connectivity index (χ0n) is 27.5. The third-order valence-electron chi connectivity index (χ3n) is 9.42. The molecule has 0 bridgehead atoms. The average molecular weight is 631 g/mol. The number of hydrogen-bond acceptors (Lipinski definition) is 4. The number of hydrogen-bond donors (Lipinski definition) is 2. The molecule has 244 valence electrons. The minimum absolute atomic E-state index is 0.229. The molecule has 3 N–H and O–H groups in total. The topological polar surface area (TPSA) is 95.7 Å². The number of carbonyl (C=O) groups excluding carboxylic acids is 3. The van der Waals surface area contributed by atoms with E-state index >= 15 is 0 Å². The van der Waals surface area contributed by atoms with Crippen molar-refractivity contribution in [2.75, 3.05) is 20.6 Å². The van der Waals surface area contributed by atoms with Gasteiger partial charge in [-0.25, -0.2) is 0 Å². The van der Waals surface area contributed by atoms with Gasteiger partial charge in [-0.3, -0.25) is 14.4 Å². The van der Waals surface area contributed by atoms with Gasteiger partial charge < -0.3 is 20.9 Å². The molecule has 0 aliphatic heterocycles. The van der Waals surface area contributed by atoms with E-state index in [0.29, 0.717) is 32.2 Å². The summed E-state index contributed by atoms with van der Waals surface area (Å²) in [5.41, 5.74) is 9.14. The van der Waals surface area contributed by atoms with Gasteiger partial charge in [0.15, 0.2) is 0 Å². The van der Waals surface area contributed by atoms with Crippen molar-refractivity contribution >= 4 is 28.5 Å². The molecule has 1 fully saturated rings. The molecule has 1 aliphatic carbocycles. The Bertz CT molecular complexity index is 1680. The first-order chi connectivity index (χ1) is 22.7. The SMILES string of the molecule is CN(C(=O)C=CCC1(N)CCC1)[C@H](Cc1ccc2ccccc2c1)C(=O)N(C)[C@H](Cc1ccccc1)C(=O)NCCc1ccccc1. The van der Waals surface area contributed by atoms with E-state index in [1.54, 1.807) is 14.1 Å². The number of nitrogens with zero attached hydrogens (tertiary/aromatic N) is 2. The van der Waals surface area contributed by atoms with Crippen molar-refractivity contribution in [1.82, 2.24) is 15.1 Å². The predicted molar refractivity (Wildman–Crippen MR) is 189 cm³/mol. The summed E-state index contributed by atoms with van der Waals surface area (Å²) in [7, 11) is 3.33. The Labute approximate surface area is 278 Å². The van der Waals surface area contributed by atoms with Crippen LogP contribution in [0.3, 0.4) is 0 Å². The molecule has 0 heterocycles. The van der Waals surface area contributed by atoms with Crippen molar-refractivity contribution in [3.05, 3.63) is 132 Å². The summed E-state index contributed by atoms with van der Waals surface area (Å²) >= 11 is 0. The van der Waals surface area contributed by atoms with Crippen molar-refractivity contribution in [1.29, 1.82) is 0 Å². The van der Waals surface area contributed by atoms with E-state index in [2.05, 4.69) is 11.4 Å². The van der Waals surface area contributed by atoms with E-state index in [0.717, 1.165) is 46.7 Å². The highest BCUT2D eigenvalue weighted by Crippen LogP contribution is 2.32. The van der Waals surface area contributed by atoms with Gasteiger partial charge in [0.2, 0.25) is 17.7 Å². The van der Waals surface area contributed by atoms with Crippen LogP contribution >= 0.6 is 0 Å². The van der Waals surface area contributed by atoms with Crippen LogP contribution in [-0.4, -0.2) is 65.8 Å². The van der Waals surface area contributed by atoms with E-state index in [1.165, 1.54) is 15.9 Å². The quantitative estimate of drug-likeness (QED) is 0.181. The predicted octanol–water partition coefficient (Wildman–Crippen LogP) is 5.47. The Balaban J connectivity index is 1.38. The summed E-state index contributed by atoms with van der Waals surface area (Å²) in [6.07, 6.45) is 8.33. The first kappa shape index (κ1) is 33.6. The summed E-state index contributed by atoms with van der Waals surface area (Å²) in [5.74, 6) is -0.795. The number of fused-ring (bicyclic) bond motifs is 1. The number of carbonyl (C=O) groups is 3. The smallest absolute Gasteiger partial charge is 0.246 e. The molecule has 0 aromatic heterocycles. The molecule has 1 saturated carbocycles. The van der Waals surface area contributed by atoms with Gasteiger partial charge in [-0.15, -0.1) is 0 Å². The Morgan fingerprint density at radius 1 is 0.766 bits per heavy atom. The normalized spacial score (nSPS) is 15.0. The lowest BCUT2D eigenvalue weighted by Crippen LogP contribution is -2.56. The van der Waals surface area contributed by atoms with E-state index in [-0.39, 0.29) is 23.3 Å². The summed E-state index contributed by atoms with van der Waals surface area (Å²) < 4.78 is 0. The molecule has 5 rings (SSSR count). The van der Waals surface area contributed by atoms with E-state index in [4.69, 9.17) is 5.73 Å². The van der Waals surface area contributed by atoms with E-state index < -0.39 is 12.1 Å². The molecule has 47 heavy (non-hydrogen) atoms. The average Bonchev–Trinajstić information content (AvgIpc) is 3.08. The van der Waals surface area contributed by atoms with Crippen LogP contribution in [0, 0.1) is 0 Å². The molecule has 0 radical (unpaired) electrons. The van der Waals surface area contributed by atoms with Gasteiger partial charge in [0, 0.05) is 39.0 Å². The Morgan fingerprint density at radius 2 is 1.38 bits per heavy atom. The fraction of sp³-hybridized carbons (Fsp3) is 0.325. The second-order valence-electron chi connectivity index (χ2n) is 12.9. The van der Waals surface area contributed by atoms with Crippen LogP contribution in [0.15, 0.2) is 115 Å². The first-order valence-electron chi connectivity index (χ1n) is 16.5. The summed E-state index contributed by atoms with van der Waals surface area (Å²) in [6, 6.07) is 32.3. The third kappa shape index (κ3) is 8.95. The number of nitrogens with two attached hydrogens (primary N) is 1. The fourth-order valence-electron chi connectivity index (χ4n) is 6.20. The van der Waals surface area contributed by atoms with Gasteiger partial charge >= 0.3 is 0 Å². The van der Waals surface area contributed by atoms with Gasteiger partial charge in [0.1, 0.15) is 12.1 Å². The molecule has 4 aromatic rings. The van der Waals surface area contributed by atoms with Crippen LogP contribution in [-0.2, 0) is 33.6 Å². The van der Waals surface area contributed by atoms with Crippen LogP contribution in [0.2, 0.25) is 0 Å². The van der Waals surface area contributed by atoms with E-state index in [9.17, 15) is 14.4 Å². The molecule has 3 amide bonds. The fourth-order valence-corrected chi connectivity index (χ4v) is 6.20. The van der Waals surface area contributed by atoms with Crippen molar-refractivity contribution in [2.45, 2.75) is 62.6 Å². The lowest BCUT2D eigenvalue weighted by molar-refractivity contribution is -0.146. The summed E-state index contributed by atoms with van der Waals surface area (Å²) in [5, 5.41) is 5.23. The summed E-state index contributed by atoms with van der Waals surface area (Å²) in [6.45, 7) is 0.447. The van der Waals surface area contributed by atoms with Gasteiger partial charge in [0.25, 0.3) is 0 Å². The van der Waals surface area contributed by atoms with Crippen LogP contribution in [0.4, 0.5) is 0 Å². The number of likely N-dealkylation sites (N-methyl/N-ethyl adjacent to an activating group) is 2. The number of amides is 3. The lowest BCUT2D eigenvalue weighted by atomic mass is 9.75. The second kappa shape index (κ2) is 15.7. The van der Waals surface area contributed by atoms with Gasteiger partial charge in [0.05, 0.1) is 0 Å². The molecular formula is C40H46N4O3. The maximum atomic E-state index is 14.5. The minimum Gasteiger partial charge on any atom is -0.354 e. The van der Waals surface area contributed by atoms with Gasteiger partial charge in [-0.05, 0) is 65.6 Å². The molecule has 0 unspecified atom stereocenters. The van der Waals surface area contributed by atoms with Gasteiger partial charge in [-0.1, -0.05) is 109 Å². The molecule has 0 spiro atoms. The minimum atomic E-state index is -0.829. The third-order valence-corrected chi connectivity index (χ3v) is 9.42. The molecule has 7 nitrogen and oxygen atoms in total. The highest BCUT2D eigenvalue weighted by atomic mass is 16.2. The first-order valence-corrected chi connectivity index (χ1v) is 16.5. The Hall–Kier alpha value is -4.75. The lowest BCUT2D eigenvalue weighted by Gasteiger charge is -2.37. The molecule has 1 aliphatic rings. The largest absolute Gasteiger partial charge is 0.354 e. The van der Waals surface area contributed by atoms with Crippen LogP contribution < -0.4 is 11.1 Å². The molecule has 2 atom stereocenters. The van der Waals surface area contributed by atoms with Crippen molar-refractivity contribution in [3.63, 3.8) is 0 Å². The monoisotopic (exact) mass is 630 g/mol. The Morgan fingerprint density at radius 3 is 2.04 bits per heavy atom.